The number of hydrogen-bond acceptors (Lipinski definition) is 4. The van der Waals surface area contributed by atoms with Gasteiger partial charge in [0.1, 0.15) is 5.76 Å². The molecule has 2 atom stereocenters. The van der Waals surface area contributed by atoms with Crippen molar-refractivity contribution < 1.29 is 14.3 Å². The number of carbonyl (C=O) groups excluding carboxylic acids is 1. The molecule has 19 heavy (non-hydrogen) atoms. The summed E-state index contributed by atoms with van der Waals surface area (Å²) in [6.07, 6.45) is 0.969. The van der Waals surface area contributed by atoms with Crippen LogP contribution in [0.1, 0.15) is 29.7 Å². The highest BCUT2D eigenvalue weighted by atomic mass is 16.4. The summed E-state index contributed by atoms with van der Waals surface area (Å²) >= 11 is 0. The van der Waals surface area contributed by atoms with Crippen LogP contribution < -0.4 is 0 Å². The van der Waals surface area contributed by atoms with Crippen molar-refractivity contribution in [3.05, 3.63) is 23.7 Å². The third kappa shape index (κ3) is 3.16. The molecule has 2 unspecified atom stereocenters. The van der Waals surface area contributed by atoms with Crippen LogP contribution in [0.3, 0.4) is 0 Å². The molecule has 0 aliphatic carbocycles. The number of furan rings is 1. The molecule has 1 aromatic heterocycles. The van der Waals surface area contributed by atoms with E-state index in [1.54, 1.807) is 11.0 Å². The molecule has 1 aliphatic rings. The SMILES string of the molecule is CCc1ccc(C(=O)N2CC(O)CC2CN(C)C)o1. The Morgan fingerprint density at radius 1 is 1.53 bits per heavy atom. The number of carbonyl (C=O) groups is 1. The lowest BCUT2D eigenvalue weighted by atomic mass is 10.2. The lowest BCUT2D eigenvalue weighted by molar-refractivity contribution is 0.0665. The minimum absolute atomic E-state index is 0.0488. The van der Waals surface area contributed by atoms with Crippen molar-refractivity contribution in [1.82, 2.24) is 9.80 Å². The summed E-state index contributed by atoms with van der Waals surface area (Å²) in [5.74, 6) is 1.06. The Hall–Kier alpha value is -1.33. The van der Waals surface area contributed by atoms with Gasteiger partial charge in [0, 0.05) is 25.6 Å². The Kier molecular flexibility index (Phi) is 4.27. The maximum Gasteiger partial charge on any atom is 0.289 e. The van der Waals surface area contributed by atoms with Crippen LogP contribution in [0.4, 0.5) is 0 Å². The first-order valence-electron chi connectivity index (χ1n) is 6.73. The van der Waals surface area contributed by atoms with Crippen molar-refractivity contribution >= 4 is 5.91 Å². The van der Waals surface area contributed by atoms with E-state index in [0.717, 1.165) is 18.7 Å². The Morgan fingerprint density at radius 3 is 2.84 bits per heavy atom. The summed E-state index contributed by atoms with van der Waals surface area (Å²) in [6, 6.07) is 3.60. The topological polar surface area (TPSA) is 56.9 Å². The summed E-state index contributed by atoms with van der Waals surface area (Å²) in [5, 5.41) is 9.79. The van der Waals surface area contributed by atoms with Gasteiger partial charge in [0.2, 0.25) is 0 Å². The summed E-state index contributed by atoms with van der Waals surface area (Å²) < 4.78 is 5.51. The molecule has 5 heteroatoms. The molecular weight excluding hydrogens is 244 g/mol. The van der Waals surface area contributed by atoms with E-state index in [-0.39, 0.29) is 11.9 Å². The van der Waals surface area contributed by atoms with E-state index in [9.17, 15) is 9.90 Å². The largest absolute Gasteiger partial charge is 0.456 e. The maximum absolute atomic E-state index is 12.4. The molecule has 2 rings (SSSR count). The smallest absolute Gasteiger partial charge is 0.289 e. The maximum atomic E-state index is 12.4. The average molecular weight is 266 g/mol. The summed E-state index contributed by atoms with van der Waals surface area (Å²) in [7, 11) is 3.94. The summed E-state index contributed by atoms with van der Waals surface area (Å²) in [5.41, 5.74) is 0. The first-order chi connectivity index (χ1) is 9.01. The summed E-state index contributed by atoms with van der Waals surface area (Å²) in [6.45, 7) is 3.13. The van der Waals surface area contributed by atoms with E-state index < -0.39 is 6.10 Å². The Morgan fingerprint density at radius 2 is 2.26 bits per heavy atom. The van der Waals surface area contributed by atoms with Crippen molar-refractivity contribution in [3.8, 4) is 0 Å². The van der Waals surface area contributed by atoms with Gasteiger partial charge in [0.15, 0.2) is 5.76 Å². The lowest BCUT2D eigenvalue weighted by Crippen LogP contribution is -2.41. The average Bonchev–Trinajstić information content (AvgIpc) is 2.94. The normalized spacial score (nSPS) is 23.3. The number of aliphatic hydroxyl groups excluding tert-OH is 1. The second-order valence-electron chi connectivity index (χ2n) is 5.38. The van der Waals surface area contributed by atoms with Gasteiger partial charge in [-0.05, 0) is 32.6 Å². The molecule has 0 bridgehead atoms. The Bertz CT molecular complexity index is 442. The highest BCUT2D eigenvalue weighted by molar-refractivity contribution is 5.92. The molecule has 0 saturated carbocycles. The first-order valence-corrected chi connectivity index (χ1v) is 6.73. The molecule has 1 aliphatic heterocycles. The van der Waals surface area contributed by atoms with Gasteiger partial charge in [-0.3, -0.25) is 4.79 Å². The van der Waals surface area contributed by atoms with Crippen LogP contribution in [0.25, 0.3) is 0 Å². The molecular formula is C14H22N2O3. The second-order valence-corrected chi connectivity index (χ2v) is 5.38. The number of amides is 1. The standard InChI is InChI=1S/C14H22N2O3/c1-4-12-5-6-13(19-12)14(18)16-9-11(17)7-10(16)8-15(2)3/h5-6,10-11,17H,4,7-9H2,1-3H3. The Labute approximate surface area is 113 Å². The van der Waals surface area contributed by atoms with E-state index in [0.29, 0.717) is 18.7 Å². The second kappa shape index (κ2) is 5.75. The number of nitrogens with zero attached hydrogens (tertiary/aromatic N) is 2. The van der Waals surface area contributed by atoms with Gasteiger partial charge in [0.05, 0.1) is 6.10 Å². The minimum Gasteiger partial charge on any atom is -0.456 e. The first kappa shape index (κ1) is 14.1. The Balaban J connectivity index is 2.11. The van der Waals surface area contributed by atoms with Crippen molar-refractivity contribution in [2.75, 3.05) is 27.2 Å². The van der Waals surface area contributed by atoms with Crippen LogP contribution >= 0.6 is 0 Å². The number of aliphatic hydroxyl groups is 1. The van der Waals surface area contributed by atoms with Gasteiger partial charge < -0.3 is 19.3 Å². The van der Waals surface area contributed by atoms with Gasteiger partial charge in [-0.25, -0.2) is 0 Å². The van der Waals surface area contributed by atoms with E-state index >= 15 is 0 Å². The van der Waals surface area contributed by atoms with Crippen LogP contribution in [0.5, 0.6) is 0 Å². The highest BCUT2D eigenvalue weighted by Gasteiger charge is 2.35. The van der Waals surface area contributed by atoms with E-state index in [1.165, 1.54) is 0 Å². The number of hydrogen-bond donors (Lipinski definition) is 1. The predicted octanol–water partition coefficient (Wildman–Crippen LogP) is 0.979. The van der Waals surface area contributed by atoms with Crippen molar-refractivity contribution in [2.45, 2.75) is 31.9 Å². The van der Waals surface area contributed by atoms with Gasteiger partial charge in [-0.1, -0.05) is 6.92 Å². The molecule has 2 heterocycles. The van der Waals surface area contributed by atoms with Gasteiger partial charge in [-0.2, -0.15) is 0 Å². The molecule has 1 fully saturated rings. The zero-order valence-corrected chi connectivity index (χ0v) is 11.8. The van der Waals surface area contributed by atoms with Gasteiger partial charge in [0.25, 0.3) is 5.91 Å². The van der Waals surface area contributed by atoms with Crippen molar-refractivity contribution in [1.29, 1.82) is 0 Å². The zero-order chi connectivity index (χ0) is 14.0. The van der Waals surface area contributed by atoms with Gasteiger partial charge in [-0.15, -0.1) is 0 Å². The van der Waals surface area contributed by atoms with Crippen LogP contribution in [-0.4, -0.2) is 60.1 Å². The molecule has 1 N–H and O–H groups in total. The molecule has 0 aromatic carbocycles. The fraction of sp³-hybridized carbons (Fsp3) is 0.643. The molecule has 1 aromatic rings. The fourth-order valence-electron chi connectivity index (χ4n) is 2.56. The van der Waals surface area contributed by atoms with Crippen LogP contribution in [0.2, 0.25) is 0 Å². The molecule has 106 valence electrons. The molecule has 0 radical (unpaired) electrons. The number of rotatable bonds is 4. The number of likely N-dealkylation sites (tertiary alicyclic amines) is 1. The van der Waals surface area contributed by atoms with E-state index in [1.807, 2.05) is 32.0 Å². The number of aryl methyl sites for hydroxylation is 1. The quantitative estimate of drug-likeness (QED) is 0.882. The summed E-state index contributed by atoms with van der Waals surface area (Å²) in [4.78, 5) is 16.2. The van der Waals surface area contributed by atoms with E-state index in [4.69, 9.17) is 4.42 Å². The molecule has 0 spiro atoms. The number of β-amino-alcohol motifs (C(OH)–C–C–N with tert-alkyl or cyclic N) is 1. The highest BCUT2D eigenvalue weighted by Crippen LogP contribution is 2.22. The van der Waals surface area contributed by atoms with Crippen LogP contribution in [0, 0.1) is 0 Å². The third-order valence-electron chi connectivity index (χ3n) is 3.45. The third-order valence-corrected chi connectivity index (χ3v) is 3.45. The molecule has 5 nitrogen and oxygen atoms in total. The lowest BCUT2D eigenvalue weighted by Gasteiger charge is -2.26. The van der Waals surface area contributed by atoms with Crippen LogP contribution in [0.15, 0.2) is 16.5 Å². The monoisotopic (exact) mass is 266 g/mol. The predicted molar refractivity (Wildman–Crippen MR) is 72.1 cm³/mol. The zero-order valence-electron chi connectivity index (χ0n) is 11.8. The van der Waals surface area contributed by atoms with Crippen molar-refractivity contribution in [2.24, 2.45) is 0 Å². The van der Waals surface area contributed by atoms with Crippen molar-refractivity contribution in [3.63, 3.8) is 0 Å². The van der Waals surface area contributed by atoms with Crippen LogP contribution in [-0.2, 0) is 6.42 Å². The van der Waals surface area contributed by atoms with Gasteiger partial charge >= 0.3 is 0 Å². The molecule has 1 saturated heterocycles. The number of likely N-dealkylation sites (N-methyl/N-ethyl adjacent to an activating group) is 1. The molecule has 1 amide bonds. The minimum atomic E-state index is -0.436. The van der Waals surface area contributed by atoms with E-state index in [2.05, 4.69) is 0 Å². The fourth-order valence-corrected chi connectivity index (χ4v) is 2.56.